The van der Waals surface area contributed by atoms with E-state index in [0.29, 0.717) is 17.0 Å². The summed E-state index contributed by atoms with van der Waals surface area (Å²) in [5.74, 6) is -0.897. The fourth-order valence-corrected chi connectivity index (χ4v) is 2.58. The van der Waals surface area contributed by atoms with Gasteiger partial charge in [-0.1, -0.05) is 6.07 Å². The molecule has 0 saturated heterocycles. The summed E-state index contributed by atoms with van der Waals surface area (Å²) in [6.07, 6.45) is 0. The van der Waals surface area contributed by atoms with Crippen molar-refractivity contribution in [1.82, 2.24) is 0 Å². The Morgan fingerprint density at radius 3 is 2.89 bits per heavy atom. The number of benzene rings is 1. The molecule has 0 saturated carbocycles. The van der Waals surface area contributed by atoms with E-state index in [-0.39, 0.29) is 0 Å². The molecule has 2 rings (SSSR count). The molecular weight excluding hydrogens is 260 g/mol. The number of carbonyl (C=O) groups is 1. The lowest BCUT2D eigenvalue weighted by Crippen LogP contribution is -1.99. The number of nitrogens with zero attached hydrogens (tertiary/aromatic N) is 1. The maximum Gasteiger partial charge on any atom is 0.345 e. The molecule has 0 bridgehead atoms. The molecule has 5 heteroatoms. The van der Waals surface area contributed by atoms with Gasteiger partial charge >= 0.3 is 5.97 Å². The van der Waals surface area contributed by atoms with E-state index in [1.165, 1.54) is 11.3 Å². The molecule has 1 aromatic heterocycles. The molecular formula is C14H12N2O2S. The molecule has 1 heterocycles. The Bertz CT molecular complexity index is 656. The quantitative estimate of drug-likeness (QED) is 0.896. The van der Waals surface area contributed by atoms with Crippen LogP contribution in [-0.2, 0) is 6.54 Å². The van der Waals surface area contributed by atoms with E-state index < -0.39 is 5.97 Å². The summed E-state index contributed by atoms with van der Waals surface area (Å²) in [4.78, 5) is 12.2. The van der Waals surface area contributed by atoms with Gasteiger partial charge in [-0.05, 0) is 36.8 Å². The van der Waals surface area contributed by atoms with Crippen LogP contribution in [0.5, 0.6) is 0 Å². The van der Waals surface area contributed by atoms with Crippen molar-refractivity contribution >= 4 is 23.0 Å². The van der Waals surface area contributed by atoms with Gasteiger partial charge in [-0.2, -0.15) is 5.26 Å². The van der Waals surface area contributed by atoms with E-state index in [1.807, 2.05) is 19.1 Å². The molecule has 0 aliphatic carbocycles. The predicted octanol–water partition coefficient (Wildman–Crippen LogP) is 3.24. The van der Waals surface area contributed by atoms with Crippen LogP contribution in [0.3, 0.4) is 0 Å². The largest absolute Gasteiger partial charge is 0.477 e. The molecule has 0 aliphatic rings. The van der Waals surface area contributed by atoms with Crippen molar-refractivity contribution in [3.05, 3.63) is 51.2 Å². The number of carboxylic acid groups (broad SMARTS) is 1. The Hall–Kier alpha value is -2.32. The van der Waals surface area contributed by atoms with Crippen molar-refractivity contribution in [3.63, 3.8) is 0 Å². The van der Waals surface area contributed by atoms with Crippen molar-refractivity contribution in [1.29, 1.82) is 5.26 Å². The molecule has 0 unspecified atom stereocenters. The normalized spacial score (nSPS) is 9.89. The number of nitriles is 1. The highest BCUT2D eigenvalue weighted by molar-refractivity contribution is 7.14. The number of rotatable bonds is 4. The highest BCUT2D eigenvalue weighted by Crippen LogP contribution is 2.22. The zero-order valence-corrected chi connectivity index (χ0v) is 11.1. The Morgan fingerprint density at radius 2 is 2.26 bits per heavy atom. The third kappa shape index (κ3) is 3.12. The first kappa shape index (κ1) is 13.1. The first-order chi connectivity index (χ1) is 9.10. The van der Waals surface area contributed by atoms with Gasteiger partial charge in [-0.15, -0.1) is 11.3 Å². The number of carboxylic acids is 1. The van der Waals surface area contributed by atoms with Crippen molar-refractivity contribution in [2.24, 2.45) is 0 Å². The summed E-state index contributed by atoms with van der Waals surface area (Å²) < 4.78 is 0. The van der Waals surface area contributed by atoms with Crippen molar-refractivity contribution in [2.75, 3.05) is 5.32 Å². The molecule has 4 nitrogen and oxygen atoms in total. The summed E-state index contributed by atoms with van der Waals surface area (Å²) in [5, 5.41) is 20.9. The number of thiophene rings is 1. The third-order valence-corrected chi connectivity index (χ3v) is 3.79. The first-order valence-corrected chi connectivity index (χ1v) is 6.48. The van der Waals surface area contributed by atoms with E-state index in [1.54, 1.807) is 18.2 Å². The average molecular weight is 272 g/mol. The molecule has 2 N–H and O–H groups in total. The van der Waals surface area contributed by atoms with Crippen LogP contribution in [-0.4, -0.2) is 11.1 Å². The van der Waals surface area contributed by atoms with Gasteiger partial charge in [0.1, 0.15) is 4.88 Å². The van der Waals surface area contributed by atoms with Crippen molar-refractivity contribution in [3.8, 4) is 6.07 Å². The minimum Gasteiger partial charge on any atom is -0.477 e. The van der Waals surface area contributed by atoms with Crippen LogP contribution in [0.2, 0.25) is 0 Å². The number of hydrogen-bond donors (Lipinski definition) is 2. The van der Waals surface area contributed by atoms with Gasteiger partial charge in [0, 0.05) is 17.1 Å². The van der Waals surface area contributed by atoms with Crippen LogP contribution in [0, 0.1) is 18.3 Å². The lowest BCUT2D eigenvalue weighted by Gasteiger charge is -2.06. The molecule has 0 aliphatic heterocycles. The first-order valence-electron chi connectivity index (χ1n) is 5.67. The summed E-state index contributed by atoms with van der Waals surface area (Å²) in [6, 6.07) is 11.0. The lowest BCUT2D eigenvalue weighted by atomic mass is 10.2. The summed E-state index contributed by atoms with van der Waals surface area (Å²) in [6.45, 7) is 2.45. The maximum absolute atomic E-state index is 10.9. The minimum absolute atomic E-state index is 0.347. The SMILES string of the molecule is Cc1sc(C(=O)O)cc1CNc1cccc(C#N)c1. The third-order valence-electron chi connectivity index (χ3n) is 2.71. The number of anilines is 1. The standard InChI is InChI=1S/C14H12N2O2S/c1-9-11(6-13(19-9)14(17)18)8-16-12-4-2-3-10(5-12)7-15/h2-6,16H,8H2,1H3,(H,17,18). The molecule has 19 heavy (non-hydrogen) atoms. The Balaban J connectivity index is 2.10. The predicted molar refractivity (Wildman–Crippen MR) is 74.5 cm³/mol. The molecule has 96 valence electrons. The monoisotopic (exact) mass is 272 g/mol. The van der Waals surface area contributed by atoms with Gasteiger partial charge < -0.3 is 10.4 Å². The van der Waals surface area contributed by atoms with Crippen LogP contribution >= 0.6 is 11.3 Å². The smallest absolute Gasteiger partial charge is 0.345 e. The van der Waals surface area contributed by atoms with Gasteiger partial charge in [-0.3, -0.25) is 0 Å². The molecule has 0 spiro atoms. The zero-order chi connectivity index (χ0) is 13.8. The van der Waals surface area contributed by atoms with Crippen molar-refractivity contribution in [2.45, 2.75) is 13.5 Å². The molecule has 0 amide bonds. The summed E-state index contributed by atoms with van der Waals surface area (Å²) >= 11 is 1.27. The highest BCUT2D eigenvalue weighted by atomic mass is 32.1. The second-order valence-corrected chi connectivity index (χ2v) is 5.30. The zero-order valence-electron chi connectivity index (χ0n) is 10.3. The summed E-state index contributed by atoms with van der Waals surface area (Å²) in [7, 11) is 0. The number of nitrogens with one attached hydrogen (secondary N) is 1. The fraction of sp³-hybridized carbons (Fsp3) is 0.143. The van der Waals surface area contributed by atoms with E-state index >= 15 is 0 Å². The molecule has 0 atom stereocenters. The Labute approximate surface area is 114 Å². The fourth-order valence-electron chi connectivity index (χ4n) is 1.70. The van der Waals surface area contributed by atoms with Gasteiger partial charge in [-0.25, -0.2) is 4.79 Å². The van der Waals surface area contributed by atoms with Crippen molar-refractivity contribution < 1.29 is 9.90 Å². The second kappa shape index (κ2) is 5.55. The summed E-state index contributed by atoms with van der Waals surface area (Å²) in [5.41, 5.74) is 2.41. The molecule has 0 fully saturated rings. The Morgan fingerprint density at radius 1 is 1.47 bits per heavy atom. The van der Waals surface area contributed by atoms with Crippen LogP contribution in [0.15, 0.2) is 30.3 Å². The lowest BCUT2D eigenvalue weighted by molar-refractivity contribution is 0.0702. The van der Waals surface area contributed by atoms with Gasteiger partial charge in [0.2, 0.25) is 0 Å². The maximum atomic E-state index is 10.9. The van der Waals surface area contributed by atoms with Gasteiger partial charge in [0.25, 0.3) is 0 Å². The average Bonchev–Trinajstić information content (AvgIpc) is 2.78. The Kier molecular flexibility index (Phi) is 3.83. The molecule has 1 aromatic carbocycles. The molecule has 2 aromatic rings. The highest BCUT2D eigenvalue weighted by Gasteiger charge is 2.10. The number of aryl methyl sites for hydroxylation is 1. The second-order valence-electron chi connectivity index (χ2n) is 4.04. The minimum atomic E-state index is -0.897. The van der Waals surface area contributed by atoms with E-state index in [0.717, 1.165) is 16.1 Å². The van der Waals surface area contributed by atoms with E-state index in [2.05, 4.69) is 11.4 Å². The van der Waals surface area contributed by atoms with Crippen LogP contribution in [0.4, 0.5) is 5.69 Å². The topological polar surface area (TPSA) is 73.1 Å². The number of aromatic carboxylic acids is 1. The van der Waals surface area contributed by atoms with Crippen LogP contribution in [0.25, 0.3) is 0 Å². The van der Waals surface area contributed by atoms with Gasteiger partial charge in [0.15, 0.2) is 0 Å². The molecule has 0 radical (unpaired) electrons. The van der Waals surface area contributed by atoms with Gasteiger partial charge in [0.05, 0.1) is 11.6 Å². The number of hydrogen-bond acceptors (Lipinski definition) is 4. The van der Waals surface area contributed by atoms with E-state index in [4.69, 9.17) is 10.4 Å². The van der Waals surface area contributed by atoms with Crippen LogP contribution < -0.4 is 5.32 Å². The van der Waals surface area contributed by atoms with E-state index in [9.17, 15) is 4.79 Å². The van der Waals surface area contributed by atoms with Crippen LogP contribution in [0.1, 0.15) is 25.7 Å².